The van der Waals surface area contributed by atoms with Gasteiger partial charge in [0.25, 0.3) is 0 Å². The van der Waals surface area contributed by atoms with Gasteiger partial charge in [0, 0.05) is 19.6 Å². The van der Waals surface area contributed by atoms with E-state index in [2.05, 4.69) is 10.6 Å². The van der Waals surface area contributed by atoms with Gasteiger partial charge in [0.15, 0.2) is 0 Å². The van der Waals surface area contributed by atoms with Crippen LogP contribution in [0.15, 0.2) is 0 Å². The first-order chi connectivity index (χ1) is 9.06. The Morgan fingerprint density at radius 3 is 2.58 bits per heavy atom. The molecule has 19 heavy (non-hydrogen) atoms. The van der Waals surface area contributed by atoms with Gasteiger partial charge in [-0.25, -0.2) is 4.79 Å². The van der Waals surface area contributed by atoms with E-state index in [4.69, 9.17) is 5.11 Å². The van der Waals surface area contributed by atoms with Crippen molar-refractivity contribution in [2.75, 3.05) is 26.7 Å². The molecule has 0 saturated carbocycles. The third-order valence-corrected chi connectivity index (χ3v) is 3.66. The number of carboxylic acids is 1. The van der Waals surface area contributed by atoms with E-state index >= 15 is 0 Å². The van der Waals surface area contributed by atoms with E-state index in [1.165, 1.54) is 0 Å². The van der Waals surface area contributed by atoms with Crippen molar-refractivity contribution in [1.82, 2.24) is 15.5 Å². The van der Waals surface area contributed by atoms with Crippen LogP contribution < -0.4 is 10.6 Å². The van der Waals surface area contributed by atoms with Gasteiger partial charge >= 0.3 is 12.0 Å². The van der Waals surface area contributed by atoms with Gasteiger partial charge in [0.05, 0.1) is 5.92 Å². The summed E-state index contributed by atoms with van der Waals surface area (Å²) in [7, 11) is 1.78. The summed E-state index contributed by atoms with van der Waals surface area (Å²) in [5.74, 6) is -1.33. The zero-order valence-corrected chi connectivity index (χ0v) is 11.8. The highest BCUT2D eigenvalue weighted by atomic mass is 16.4. The monoisotopic (exact) mass is 271 g/mol. The van der Waals surface area contributed by atoms with Gasteiger partial charge in [-0.3, -0.25) is 4.79 Å². The number of carbonyl (C=O) groups is 2. The number of amides is 2. The number of carboxylic acid groups (broad SMARTS) is 1. The number of carbonyl (C=O) groups excluding carboxylic acids is 1. The van der Waals surface area contributed by atoms with Gasteiger partial charge in [-0.05, 0) is 32.4 Å². The average molecular weight is 271 g/mol. The average Bonchev–Trinajstić information content (AvgIpc) is 2.42. The van der Waals surface area contributed by atoms with Crippen LogP contribution in [-0.2, 0) is 4.79 Å². The third kappa shape index (κ3) is 5.06. The predicted molar refractivity (Wildman–Crippen MR) is 73.1 cm³/mol. The van der Waals surface area contributed by atoms with Crippen molar-refractivity contribution >= 4 is 12.0 Å². The van der Waals surface area contributed by atoms with Crippen LogP contribution in [0.5, 0.6) is 0 Å². The Labute approximate surface area is 114 Å². The van der Waals surface area contributed by atoms with Gasteiger partial charge in [-0.1, -0.05) is 13.3 Å². The maximum Gasteiger partial charge on any atom is 0.317 e. The summed E-state index contributed by atoms with van der Waals surface area (Å²) in [6.45, 7) is 4.00. The van der Waals surface area contributed by atoms with E-state index < -0.39 is 11.9 Å². The summed E-state index contributed by atoms with van der Waals surface area (Å²) in [5, 5.41) is 15.0. The first-order valence-corrected chi connectivity index (χ1v) is 7.00. The lowest BCUT2D eigenvalue weighted by Crippen LogP contribution is -2.49. The second kappa shape index (κ2) is 7.99. The highest BCUT2D eigenvalue weighted by molar-refractivity contribution is 5.76. The van der Waals surface area contributed by atoms with Crippen LogP contribution in [0.2, 0.25) is 0 Å². The Morgan fingerprint density at radius 2 is 2.05 bits per heavy atom. The van der Waals surface area contributed by atoms with Crippen LogP contribution in [0, 0.1) is 5.92 Å². The fourth-order valence-corrected chi connectivity index (χ4v) is 2.36. The van der Waals surface area contributed by atoms with Crippen molar-refractivity contribution in [2.24, 2.45) is 5.92 Å². The van der Waals surface area contributed by atoms with Crippen LogP contribution in [0.1, 0.15) is 32.6 Å². The molecule has 1 aliphatic rings. The summed E-state index contributed by atoms with van der Waals surface area (Å²) in [6, 6.07) is 0.0740. The normalized spacial score (nSPS) is 17.8. The highest BCUT2D eigenvalue weighted by Gasteiger charge is 2.23. The van der Waals surface area contributed by atoms with Crippen LogP contribution >= 0.6 is 0 Å². The van der Waals surface area contributed by atoms with Crippen molar-refractivity contribution in [3.05, 3.63) is 0 Å². The molecule has 3 N–H and O–H groups in total. The molecule has 6 heteroatoms. The molecular weight excluding hydrogens is 246 g/mol. The largest absolute Gasteiger partial charge is 0.481 e. The number of rotatable bonds is 6. The topological polar surface area (TPSA) is 81.7 Å². The van der Waals surface area contributed by atoms with Crippen LogP contribution in [-0.4, -0.2) is 54.7 Å². The molecule has 1 saturated heterocycles. The standard InChI is InChI=1S/C13H25N3O3/c1-3-4-10(12(17)18)9-15-13(19)16(2)11-5-7-14-8-6-11/h10-11,14H,3-9H2,1-2H3,(H,15,19)(H,17,18). The molecule has 110 valence electrons. The molecule has 1 fully saturated rings. The Kier molecular flexibility index (Phi) is 6.62. The van der Waals surface area contributed by atoms with Crippen molar-refractivity contribution in [3.63, 3.8) is 0 Å². The summed E-state index contributed by atoms with van der Waals surface area (Å²) in [6.07, 6.45) is 3.28. The third-order valence-electron chi connectivity index (χ3n) is 3.66. The molecule has 1 unspecified atom stereocenters. The van der Waals surface area contributed by atoms with Gasteiger partial charge in [0.1, 0.15) is 0 Å². The van der Waals surface area contributed by atoms with Gasteiger partial charge in [0.2, 0.25) is 0 Å². The molecule has 0 aromatic rings. The smallest absolute Gasteiger partial charge is 0.317 e. The van der Waals surface area contributed by atoms with Gasteiger partial charge < -0.3 is 20.6 Å². The SMILES string of the molecule is CCCC(CNC(=O)N(C)C1CCNCC1)C(=O)O. The van der Waals surface area contributed by atoms with E-state index in [0.29, 0.717) is 6.42 Å². The number of hydrogen-bond acceptors (Lipinski definition) is 3. The van der Waals surface area contributed by atoms with Crippen LogP contribution in [0.3, 0.4) is 0 Å². The van der Waals surface area contributed by atoms with E-state index in [1.807, 2.05) is 6.92 Å². The Bertz CT molecular complexity index is 304. The van der Waals surface area contributed by atoms with Crippen molar-refractivity contribution in [2.45, 2.75) is 38.6 Å². The van der Waals surface area contributed by atoms with Gasteiger partial charge in [-0.2, -0.15) is 0 Å². The summed E-state index contributed by atoms with van der Waals surface area (Å²) in [5.41, 5.74) is 0. The van der Waals surface area contributed by atoms with Crippen molar-refractivity contribution < 1.29 is 14.7 Å². The second-order valence-electron chi connectivity index (χ2n) is 5.10. The molecule has 1 aliphatic heterocycles. The fourth-order valence-electron chi connectivity index (χ4n) is 2.36. The zero-order chi connectivity index (χ0) is 14.3. The number of nitrogens with zero attached hydrogens (tertiary/aromatic N) is 1. The molecule has 0 aromatic heterocycles. The van der Waals surface area contributed by atoms with E-state index in [1.54, 1.807) is 11.9 Å². The van der Waals surface area contributed by atoms with Crippen molar-refractivity contribution in [1.29, 1.82) is 0 Å². The van der Waals surface area contributed by atoms with E-state index in [9.17, 15) is 9.59 Å². The molecule has 1 heterocycles. The first kappa shape index (κ1) is 15.8. The minimum Gasteiger partial charge on any atom is -0.481 e. The second-order valence-corrected chi connectivity index (χ2v) is 5.10. The number of hydrogen-bond donors (Lipinski definition) is 3. The quantitative estimate of drug-likeness (QED) is 0.670. The molecule has 0 aromatic carbocycles. The summed E-state index contributed by atoms with van der Waals surface area (Å²) < 4.78 is 0. The maximum absolute atomic E-state index is 12.0. The Balaban J connectivity index is 2.38. The number of piperidine rings is 1. The number of urea groups is 1. The molecule has 0 spiro atoms. The lowest BCUT2D eigenvalue weighted by atomic mass is 10.0. The molecule has 1 rings (SSSR count). The Hall–Kier alpha value is -1.30. The van der Waals surface area contributed by atoms with Crippen LogP contribution in [0.25, 0.3) is 0 Å². The minimum atomic E-state index is -0.841. The zero-order valence-electron chi connectivity index (χ0n) is 11.8. The number of aliphatic carboxylic acids is 1. The molecule has 0 radical (unpaired) electrons. The molecular formula is C13H25N3O3. The van der Waals surface area contributed by atoms with Crippen LogP contribution in [0.4, 0.5) is 4.79 Å². The highest BCUT2D eigenvalue weighted by Crippen LogP contribution is 2.10. The predicted octanol–water partition coefficient (Wildman–Crippen LogP) is 0.881. The maximum atomic E-state index is 12.0. The lowest BCUT2D eigenvalue weighted by molar-refractivity contribution is -0.141. The Morgan fingerprint density at radius 1 is 1.42 bits per heavy atom. The fraction of sp³-hybridized carbons (Fsp3) is 0.846. The van der Waals surface area contributed by atoms with E-state index in [0.717, 1.165) is 32.4 Å². The minimum absolute atomic E-state index is 0.172. The summed E-state index contributed by atoms with van der Waals surface area (Å²) >= 11 is 0. The van der Waals surface area contributed by atoms with Crippen molar-refractivity contribution in [3.8, 4) is 0 Å². The van der Waals surface area contributed by atoms with E-state index in [-0.39, 0.29) is 18.6 Å². The molecule has 6 nitrogen and oxygen atoms in total. The molecule has 1 atom stereocenters. The number of nitrogens with one attached hydrogen (secondary N) is 2. The molecule has 2 amide bonds. The molecule has 0 aliphatic carbocycles. The molecule has 0 bridgehead atoms. The lowest BCUT2D eigenvalue weighted by Gasteiger charge is -2.31. The first-order valence-electron chi connectivity index (χ1n) is 7.00. The summed E-state index contributed by atoms with van der Waals surface area (Å²) in [4.78, 5) is 24.7. The van der Waals surface area contributed by atoms with Gasteiger partial charge in [-0.15, -0.1) is 0 Å².